The summed E-state index contributed by atoms with van der Waals surface area (Å²) in [5.74, 6) is 0.755. The van der Waals surface area contributed by atoms with Gasteiger partial charge in [0.15, 0.2) is 12.4 Å². The number of hydrogen-bond acceptors (Lipinski definition) is 5. The van der Waals surface area contributed by atoms with E-state index in [2.05, 4.69) is 54.0 Å². The van der Waals surface area contributed by atoms with Gasteiger partial charge in [0.05, 0.1) is 0 Å². The van der Waals surface area contributed by atoms with Crippen molar-refractivity contribution in [3.05, 3.63) is 77.9 Å². The molecule has 1 aliphatic rings. The van der Waals surface area contributed by atoms with E-state index in [1.807, 2.05) is 29.3 Å². The van der Waals surface area contributed by atoms with E-state index >= 15 is 0 Å². The van der Waals surface area contributed by atoms with Gasteiger partial charge in [-0.2, -0.15) is 5.10 Å². The normalized spacial score (nSPS) is 15.0. The van der Waals surface area contributed by atoms with Crippen molar-refractivity contribution in [2.45, 2.75) is 39.5 Å². The number of benzene rings is 1. The van der Waals surface area contributed by atoms with Gasteiger partial charge in [0.1, 0.15) is 5.75 Å². The predicted molar refractivity (Wildman–Crippen MR) is 123 cm³/mol. The maximum absolute atomic E-state index is 12.9. The Hall–Kier alpha value is -3.19. The van der Waals surface area contributed by atoms with Gasteiger partial charge in [0, 0.05) is 51.3 Å². The lowest BCUT2D eigenvalue weighted by molar-refractivity contribution is 0.0620. The van der Waals surface area contributed by atoms with Crippen molar-refractivity contribution in [3.8, 4) is 5.75 Å². The number of ether oxygens (including phenoxy) is 1. The summed E-state index contributed by atoms with van der Waals surface area (Å²) in [7, 11) is 0. The highest BCUT2D eigenvalue weighted by atomic mass is 16.5. The van der Waals surface area contributed by atoms with Crippen LogP contribution >= 0.6 is 0 Å². The molecule has 0 aliphatic carbocycles. The highest BCUT2D eigenvalue weighted by Gasteiger charge is 2.23. The maximum Gasteiger partial charge on any atom is 0.274 e. The third-order valence-electron chi connectivity index (χ3n) is 5.73. The van der Waals surface area contributed by atoms with E-state index in [4.69, 9.17) is 4.74 Å². The summed E-state index contributed by atoms with van der Waals surface area (Å²) in [6.07, 6.45) is 5.47. The lowest BCUT2D eigenvalue weighted by Crippen LogP contribution is -2.48. The van der Waals surface area contributed by atoms with E-state index < -0.39 is 0 Å². The fourth-order valence-corrected chi connectivity index (χ4v) is 3.76. The Balaban J connectivity index is 1.26. The number of pyridine rings is 1. The van der Waals surface area contributed by atoms with E-state index in [1.165, 1.54) is 11.1 Å². The number of carbonyl (C=O) groups excluding carboxylic acids is 1. The van der Waals surface area contributed by atoms with Crippen molar-refractivity contribution in [1.82, 2.24) is 24.6 Å². The van der Waals surface area contributed by atoms with Crippen molar-refractivity contribution in [3.63, 3.8) is 0 Å². The van der Waals surface area contributed by atoms with Crippen LogP contribution in [-0.2, 0) is 18.7 Å². The van der Waals surface area contributed by atoms with Gasteiger partial charge in [-0.3, -0.25) is 14.7 Å². The SMILES string of the molecule is CC(C)(C)c1ccc(OCn2ccc(C(=O)N3CCN(Cc4cccnc4)CC3)n2)cc1. The van der Waals surface area contributed by atoms with Gasteiger partial charge in [0.2, 0.25) is 0 Å². The zero-order valence-corrected chi connectivity index (χ0v) is 19.1. The quantitative estimate of drug-likeness (QED) is 0.595. The fourth-order valence-electron chi connectivity index (χ4n) is 3.76. The second-order valence-electron chi connectivity index (χ2n) is 9.22. The number of aromatic nitrogens is 3. The lowest BCUT2D eigenvalue weighted by atomic mass is 9.87. The van der Waals surface area contributed by atoms with Crippen LogP contribution in [0, 0.1) is 0 Å². The van der Waals surface area contributed by atoms with Crippen LogP contribution in [0.4, 0.5) is 0 Å². The summed E-state index contributed by atoms with van der Waals surface area (Å²) in [5, 5.41) is 4.42. The fraction of sp³-hybridized carbons (Fsp3) is 0.400. The van der Waals surface area contributed by atoms with E-state index in [1.54, 1.807) is 23.1 Å². The van der Waals surface area contributed by atoms with Crippen LogP contribution < -0.4 is 4.74 Å². The molecule has 3 heterocycles. The molecule has 168 valence electrons. The van der Waals surface area contributed by atoms with Crippen LogP contribution in [0.15, 0.2) is 61.1 Å². The Morgan fingerprint density at radius 1 is 1.03 bits per heavy atom. The smallest absolute Gasteiger partial charge is 0.274 e. The van der Waals surface area contributed by atoms with Crippen molar-refractivity contribution in [1.29, 1.82) is 0 Å². The van der Waals surface area contributed by atoms with Gasteiger partial charge >= 0.3 is 0 Å². The van der Waals surface area contributed by atoms with E-state index in [9.17, 15) is 4.79 Å². The van der Waals surface area contributed by atoms with E-state index in [-0.39, 0.29) is 18.1 Å². The largest absolute Gasteiger partial charge is 0.471 e. The molecule has 0 atom stereocenters. The number of hydrogen-bond donors (Lipinski definition) is 0. The summed E-state index contributed by atoms with van der Waals surface area (Å²) >= 11 is 0. The lowest BCUT2D eigenvalue weighted by Gasteiger charge is -2.34. The first-order chi connectivity index (χ1) is 15.4. The molecule has 0 unspecified atom stereocenters. The molecule has 0 bridgehead atoms. The van der Waals surface area contributed by atoms with E-state index in [0.717, 1.165) is 25.4 Å². The first-order valence-corrected chi connectivity index (χ1v) is 11.1. The molecule has 32 heavy (non-hydrogen) atoms. The Bertz CT molecular complexity index is 1020. The monoisotopic (exact) mass is 433 g/mol. The summed E-state index contributed by atoms with van der Waals surface area (Å²) in [6, 6.07) is 13.9. The van der Waals surface area contributed by atoms with Crippen molar-refractivity contribution in [2.75, 3.05) is 26.2 Å². The molecule has 0 radical (unpaired) electrons. The van der Waals surface area contributed by atoms with Crippen LogP contribution in [-0.4, -0.2) is 56.7 Å². The van der Waals surface area contributed by atoms with Gasteiger partial charge in [-0.05, 0) is 40.8 Å². The third kappa shape index (κ3) is 5.53. The van der Waals surface area contributed by atoms with Crippen molar-refractivity contribution < 1.29 is 9.53 Å². The minimum absolute atomic E-state index is 0.0284. The van der Waals surface area contributed by atoms with Crippen molar-refractivity contribution in [2.24, 2.45) is 0 Å². The van der Waals surface area contributed by atoms with Crippen LogP contribution in [0.3, 0.4) is 0 Å². The van der Waals surface area contributed by atoms with Crippen LogP contribution in [0.5, 0.6) is 5.75 Å². The first-order valence-electron chi connectivity index (χ1n) is 11.1. The van der Waals surface area contributed by atoms with Crippen LogP contribution in [0.2, 0.25) is 0 Å². The maximum atomic E-state index is 12.9. The average Bonchev–Trinajstić information content (AvgIpc) is 3.27. The molecule has 4 rings (SSSR count). The molecule has 0 saturated carbocycles. The Morgan fingerprint density at radius 3 is 2.44 bits per heavy atom. The molecule has 1 fully saturated rings. The van der Waals surface area contributed by atoms with Gasteiger partial charge < -0.3 is 9.64 Å². The first kappa shape index (κ1) is 22.0. The molecule has 1 aromatic carbocycles. The molecule has 1 saturated heterocycles. The average molecular weight is 434 g/mol. The molecular formula is C25H31N5O2. The Morgan fingerprint density at radius 2 is 1.78 bits per heavy atom. The van der Waals surface area contributed by atoms with Crippen LogP contribution in [0.1, 0.15) is 42.4 Å². The molecule has 1 amide bonds. The predicted octanol–water partition coefficient (Wildman–Crippen LogP) is 3.57. The molecule has 3 aromatic rings. The van der Waals surface area contributed by atoms with Gasteiger partial charge in [-0.15, -0.1) is 0 Å². The minimum Gasteiger partial charge on any atom is -0.471 e. The molecule has 7 nitrogen and oxygen atoms in total. The van der Waals surface area contributed by atoms with Gasteiger partial charge in [-0.25, -0.2) is 4.68 Å². The van der Waals surface area contributed by atoms with Crippen LogP contribution in [0.25, 0.3) is 0 Å². The standard InChI is InChI=1S/C25H31N5O2/c1-25(2,3)21-6-8-22(9-7-21)32-19-30-12-10-23(27-30)24(31)29-15-13-28(14-16-29)18-20-5-4-11-26-17-20/h4-12,17H,13-16,18-19H2,1-3H3. The van der Waals surface area contributed by atoms with Gasteiger partial charge in [-0.1, -0.05) is 39.0 Å². The molecular weight excluding hydrogens is 402 g/mol. The summed E-state index contributed by atoms with van der Waals surface area (Å²) in [6.45, 7) is 10.8. The number of rotatable bonds is 6. The molecule has 0 spiro atoms. The highest BCUT2D eigenvalue weighted by Crippen LogP contribution is 2.24. The minimum atomic E-state index is -0.0284. The molecule has 1 aliphatic heterocycles. The highest BCUT2D eigenvalue weighted by molar-refractivity contribution is 5.92. The third-order valence-corrected chi connectivity index (χ3v) is 5.73. The zero-order chi connectivity index (χ0) is 22.6. The molecule has 7 heteroatoms. The topological polar surface area (TPSA) is 63.5 Å². The van der Waals surface area contributed by atoms with E-state index in [0.29, 0.717) is 18.8 Å². The number of amides is 1. The molecule has 2 aromatic heterocycles. The van der Waals surface area contributed by atoms with Crippen molar-refractivity contribution >= 4 is 5.91 Å². The Kier molecular flexibility index (Phi) is 6.55. The Labute approximate surface area is 189 Å². The summed E-state index contributed by atoms with van der Waals surface area (Å²) in [5.41, 5.74) is 3.02. The second-order valence-corrected chi connectivity index (χ2v) is 9.22. The number of nitrogens with zero attached hydrogens (tertiary/aromatic N) is 5. The molecule has 0 N–H and O–H groups in total. The summed E-state index contributed by atoms with van der Waals surface area (Å²) < 4.78 is 7.49. The second kappa shape index (κ2) is 9.53. The number of carbonyl (C=O) groups is 1. The summed E-state index contributed by atoms with van der Waals surface area (Å²) in [4.78, 5) is 21.3. The zero-order valence-electron chi connectivity index (χ0n) is 19.1. The van der Waals surface area contributed by atoms with Gasteiger partial charge in [0.25, 0.3) is 5.91 Å². The number of piperazine rings is 1.